The average Bonchev–Trinajstić information content (AvgIpc) is 3.12. The Hall–Kier alpha value is -3.54. The first-order valence-electron chi connectivity index (χ1n) is 9.57. The maximum absolute atomic E-state index is 12.6. The van der Waals surface area contributed by atoms with Gasteiger partial charge in [-0.15, -0.1) is 10.2 Å². The molecule has 4 aromatic rings. The SMILES string of the molecule is Cc1ccc(C)c(C(=O)NCc2nnc3ccc(-c4ccc(C)c(C)c4)nn23)c1. The molecule has 0 aliphatic carbocycles. The minimum atomic E-state index is -0.131. The monoisotopic (exact) mass is 385 g/mol. The zero-order valence-corrected chi connectivity index (χ0v) is 17.0. The summed E-state index contributed by atoms with van der Waals surface area (Å²) in [7, 11) is 0. The lowest BCUT2D eigenvalue weighted by Gasteiger charge is -2.08. The number of aromatic nitrogens is 4. The number of rotatable bonds is 4. The lowest BCUT2D eigenvalue weighted by atomic mass is 10.0. The highest BCUT2D eigenvalue weighted by molar-refractivity contribution is 5.95. The van der Waals surface area contributed by atoms with Gasteiger partial charge in [0.2, 0.25) is 0 Å². The van der Waals surface area contributed by atoms with E-state index in [1.165, 1.54) is 11.1 Å². The smallest absolute Gasteiger partial charge is 0.251 e. The Kier molecular flexibility index (Phi) is 4.84. The molecule has 0 spiro atoms. The van der Waals surface area contributed by atoms with Gasteiger partial charge in [-0.2, -0.15) is 9.61 Å². The molecule has 2 heterocycles. The molecule has 0 aliphatic rings. The molecular formula is C23H23N5O. The predicted octanol–water partition coefficient (Wildman–Crippen LogP) is 3.95. The van der Waals surface area contributed by atoms with Crippen LogP contribution in [0.3, 0.4) is 0 Å². The van der Waals surface area contributed by atoms with Gasteiger partial charge in [0.15, 0.2) is 11.5 Å². The molecule has 2 aromatic carbocycles. The molecule has 0 aliphatic heterocycles. The van der Waals surface area contributed by atoms with E-state index in [4.69, 9.17) is 5.10 Å². The second kappa shape index (κ2) is 7.47. The summed E-state index contributed by atoms with van der Waals surface area (Å²) in [5, 5.41) is 16.0. The van der Waals surface area contributed by atoms with Crippen LogP contribution in [-0.2, 0) is 6.54 Å². The van der Waals surface area contributed by atoms with E-state index in [1.807, 2.05) is 44.2 Å². The Labute approximate surface area is 169 Å². The molecule has 0 bridgehead atoms. The number of carbonyl (C=O) groups is 1. The van der Waals surface area contributed by atoms with Crippen LogP contribution in [0.1, 0.15) is 38.4 Å². The van der Waals surface area contributed by atoms with Crippen molar-refractivity contribution in [3.63, 3.8) is 0 Å². The molecule has 1 N–H and O–H groups in total. The minimum Gasteiger partial charge on any atom is -0.345 e. The van der Waals surface area contributed by atoms with Crippen LogP contribution in [0.2, 0.25) is 0 Å². The lowest BCUT2D eigenvalue weighted by molar-refractivity contribution is 0.0949. The molecule has 6 heteroatoms. The summed E-state index contributed by atoms with van der Waals surface area (Å²) in [6, 6.07) is 15.9. The zero-order chi connectivity index (χ0) is 20.5. The van der Waals surface area contributed by atoms with Crippen molar-refractivity contribution in [2.24, 2.45) is 0 Å². The maximum Gasteiger partial charge on any atom is 0.251 e. The first-order chi connectivity index (χ1) is 13.9. The van der Waals surface area contributed by atoms with Gasteiger partial charge in [0.1, 0.15) is 0 Å². The summed E-state index contributed by atoms with van der Waals surface area (Å²) >= 11 is 0. The topological polar surface area (TPSA) is 72.2 Å². The van der Waals surface area contributed by atoms with E-state index in [1.54, 1.807) is 4.52 Å². The number of nitrogens with one attached hydrogen (secondary N) is 1. The summed E-state index contributed by atoms with van der Waals surface area (Å²) in [4.78, 5) is 12.6. The van der Waals surface area contributed by atoms with Crippen LogP contribution in [0.4, 0.5) is 0 Å². The van der Waals surface area contributed by atoms with Crippen LogP contribution in [0.5, 0.6) is 0 Å². The molecule has 6 nitrogen and oxygen atoms in total. The average molecular weight is 385 g/mol. The zero-order valence-electron chi connectivity index (χ0n) is 17.0. The molecule has 146 valence electrons. The number of nitrogens with zero attached hydrogens (tertiary/aromatic N) is 4. The molecular weight excluding hydrogens is 362 g/mol. The summed E-state index contributed by atoms with van der Waals surface area (Å²) in [5.74, 6) is 0.456. The first-order valence-corrected chi connectivity index (χ1v) is 9.57. The molecule has 1 amide bonds. The third-order valence-electron chi connectivity index (χ3n) is 5.17. The number of amides is 1. The van der Waals surface area contributed by atoms with Crippen LogP contribution in [0.25, 0.3) is 16.9 Å². The van der Waals surface area contributed by atoms with E-state index in [-0.39, 0.29) is 12.5 Å². The number of carbonyl (C=O) groups excluding carboxylic acids is 1. The molecule has 2 aromatic heterocycles. The summed E-state index contributed by atoms with van der Waals surface area (Å²) < 4.78 is 1.69. The number of fused-ring (bicyclic) bond motifs is 1. The van der Waals surface area contributed by atoms with Crippen molar-refractivity contribution < 1.29 is 4.79 Å². The third-order valence-corrected chi connectivity index (χ3v) is 5.17. The van der Waals surface area contributed by atoms with Gasteiger partial charge in [0, 0.05) is 11.1 Å². The minimum absolute atomic E-state index is 0.131. The van der Waals surface area contributed by atoms with Crippen LogP contribution >= 0.6 is 0 Å². The van der Waals surface area contributed by atoms with E-state index in [0.29, 0.717) is 17.0 Å². The van der Waals surface area contributed by atoms with E-state index < -0.39 is 0 Å². The highest BCUT2D eigenvalue weighted by Gasteiger charge is 2.13. The van der Waals surface area contributed by atoms with Crippen LogP contribution in [0, 0.1) is 27.7 Å². The fraction of sp³-hybridized carbons (Fsp3) is 0.217. The van der Waals surface area contributed by atoms with Gasteiger partial charge < -0.3 is 5.32 Å². The number of hydrogen-bond acceptors (Lipinski definition) is 4. The highest BCUT2D eigenvalue weighted by atomic mass is 16.1. The van der Waals surface area contributed by atoms with E-state index in [0.717, 1.165) is 22.4 Å². The number of hydrogen-bond donors (Lipinski definition) is 1. The van der Waals surface area contributed by atoms with Gasteiger partial charge in [-0.05, 0) is 68.7 Å². The molecule has 29 heavy (non-hydrogen) atoms. The van der Waals surface area contributed by atoms with Gasteiger partial charge in [-0.3, -0.25) is 4.79 Å². The molecule has 0 saturated heterocycles. The molecule has 4 rings (SSSR count). The molecule has 0 atom stereocenters. The van der Waals surface area contributed by atoms with Gasteiger partial charge in [-0.25, -0.2) is 0 Å². The Morgan fingerprint density at radius 2 is 1.69 bits per heavy atom. The lowest BCUT2D eigenvalue weighted by Crippen LogP contribution is -2.25. The summed E-state index contributed by atoms with van der Waals surface area (Å²) in [6.45, 7) is 8.33. The van der Waals surface area contributed by atoms with E-state index in [2.05, 4.69) is 47.6 Å². The predicted molar refractivity (Wildman–Crippen MR) is 113 cm³/mol. The summed E-state index contributed by atoms with van der Waals surface area (Å²) in [6.07, 6.45) is 0. The molecule has 0 unspecified atom stereocenters. The number of benzene rings is 2. The molecule has 0 radical (unpaired) electrons. The van der Waals surface area contributed by atoms with Gasteiger partial charge >= 0.3 is 0 Å². The van der Waals surface area contributed by atoms with Gasteiger partial charge in [0.25, 0.3) is 5.91 Å². The second-order valence-corrected chi connectivity index (χ2v) is 7.40. The Balaban J connectivity index is 1.60. The normalized spacial score (nSPS) is 11.0. The second-order valence-electron chi connectivity index (χ2n) is 7.40. The standard InChI is InChI=1S/C23H23N5O/c1-14-5-6-16(3)19(11-14)23(29)24-13-22-26-25-21-10-9-20(27-28(21)22)18-8-7-15(2)17(4)12-18/h5-12H,13H2,1-4H3,(H,24,29). The highest BCUT2D eigenvalue weighted by Crippen LogP contribution is 2.20. The van der Waals surface area contributed by atoms with Crippen LogP contribution in [-0.4, -0.2) is 25.7 Å². The molecule has 0 fully saturated rings. The van der Waals surface area contributed by atoms with Crippen molar-refractivity contribution in [3.8, 4) is 11.3 Å². The quantitative estimate of drug-likeness (QED) is 0.577. The Morgan fingerprint density at radius 1 is 0.897 bits per heavy atom. The number of aryl methyl sites for hydroxylation is 4. The molecule has 0 saturated carbocycles. The van der Waals surface area contributed by atoms with E-state index in [9.17, 15) is 4.79 Å². The fourth-order valence-corrected chi connectivity index (χ4v) is 3.23. The van der Waals surface area contributed by atoms with Crippen molar-refractivity contribution >= 4 is 11.6 Å². The third kappa shape index (κ3) is 3.74. The van der Waals surface area contributed by atoms with Crippen molar-refractivity contribution in [1.82, 2.24) is 25.1 Å². The van der Waals surface area contributed by atoms with Crippen molar-refractivity contribution in [3.05, 3.63) is 82.2 Å². The van der Waals surface area contributed by atoms with Crippen molar-refractivity contribution in [1.29, 1.82) is 0 Å². The first kappa shape index (κ1) is 18.8. The van der Waals surface area contributed by atoms with Crippen molar-refractivity contribution in [2.75, 3.05) is 0 Å². The fourth-order valence-electron chi connectivity index (χ4n) is 3.23. The Bertz CT molecular complexity index is 1230. The largest absolute Gasteiger partial charge is 0.345 e. The summed E-state index contributed by atoms with van der Waals surface area (Å²) in [5.41, 5.74) is 7.64. The van der Waals surface area contributed by atoms with Gasteiger partial charge in [0.05, 0.1) is 12.2 Å². The van der Waals surface area contributed by atoms with Crippen molar-refractivity contribution in [2.45, 2.75) is 34.2 Å². The van der Waals surface area contributed by atoms with E-state index >= 15 is 0 Å². The maximum atomic E-state index is 12.6. The van der Waals surface area contributed by atoms with Crippen LogP contribution in [0.15, 0.2) is 48.5 Å². The van der Waals surface area contributed by atoms with Gasteiger partial charge in [-0.1, -0.05) is 29.8 Å². The van der Waals surface area contributed by atoms with Crippen LogP contribution < -0.4 is 5.32 Å². The Morgan fingerprint density at radius 3 is 2.48 bits per heavy atom.